The molecule has 7 nitrogen and oxygen atoms in total. The SMILES string of the molecule is COCC(CO)NS(=O)(=O)c1cc(Cl)cc(C(=O)O)c1Cl. The normalized spacial score (nSPS) is 13.1. The van der Waals surface area contributed by atoms with Gasteiger partial charge in [-0.15, -0.1) is 0 Å². The molecule has 118 valence electrons. The zero-order chi connectivity index (χ0) is 16.2. The van der Waals surface area contributed by atoms with Crippen LogP contribution >= 0.6 is 23.2 Å². The van der Waals surface area contributed by atoms with Gasteiger partial charge in [0.15, 0.2) is 0 Å². The molecule has 0 aromatic heterocycles. The number of methoxy groups -OCH3 is 1. The molecule has 0 spiro atoms. The van der Waals surface area contributed by atoms with Crippen LogP contribution in [-0.4, -0.2) is 51.0 Å². The third kappa shape index (κ3) is 4.53. The van der Waals surface area contributed by atoms with Crippen molar-refractivity contribution >= 4 is 39.2 Å². The van der Waals surface area contributed by atoms with Gasteiger partial charge < -0.3 is 14.9 Å². The lowest BCUT2D eigenvalue weighted by molar-refractivity contribution is 0.0697. The third-order valence-corrected chi connectivity index (χ3v) is 4.72. The Hall–Kier alpha value is -0.900. The van der Waals surface area contributed by atoms with Crippen LogP contribution in [0.2, 0.25) is 10.0 Å². The van der Waals surface area contributed by atoms with E-state index in [4.69, 9.17) is 38.2 Å². The number of nitrogens with one attached hydrogen (secondary N) is 1. The number of hydrogen-bond donors (Lipinski definition) is 3. The summed E-state index contributed by atoms with van der Waals surface area (Å²) in [6, 6.07) is 1.17. The van der Waals surface area contributed by atoms with Gasteiger partial charge in [0.05, 0.1) is 29.8 Å². The van der Waals surface area contributed by atoms with E-state index in [0.29, 0.717) is 0 Å². The Bertz CT molecular complexity index is 634. The lowest BCUT2D eigenvalue weighted by Gasteiger charge is -2.16. The number of rotatable bonds is 7. The summed E-state index contributed by atoms with van der Waals surface area (Å²) in [6.07, 6.45) is 0. The number of halogens is 2. The van der Waals surface area contributed by atoms with Gasteiger partial charge >= 0.3 is 5.97 Å². The fourth-order valence-corrected chi connectivity index (χ4v) is 3.64. The first-order chi connectivity index (χ1) is 9.72. The summed E-state index contributed by atoms with van der Waals surface area (Å²) in [5, 5.41) is 17.5. The van der Waals surface area contributed by atoms with E-state index in [-0.39, 0.29) is 11.6 Å². The third-order valence-electron chi connectivity index (χ3n) is 2.43. The summed E-state index contributed by atoms with van der Waals surface area (Å²) in [7, 11) is -2.83. The minimum absolute atomic E-state index is 0.0697. The predicted octanol–water partition coefficient (Wildman–Crippen LogP) is 0.977. The fraction of sp³-hybridized carbons (Fsp3) is 0.364. The van der Waals surface area contributed by atoms with E-state index in [1.165, 1.54) is 7.11 Å². The molecule has 0 aliphatic carbocycles. The lowest BCUT2D eigenvalue weighted by atomic mass is 10.2. The molecule has 0 heterocycles. The quantitative estimate of drug-likeness (QED) is 0.670. The fourth-order valence-electron chi connectivity index (χ4n) is 1.52. The number of hydrogen-bond acceptors (Lipinski definition) is 5. The van der Waals surface area contributed by atoms with E-state index < -0.39 is 44.1 Å². The summed E-state index contributed by atoms with van der Waals surface area (Å²) < 4.78 is 31.3. The molecule has 0 bridgehead atoms. The molecule has 1 atom stereocenters. The molecular weight excluding hydrogens is 345 g/mol. The van der Waals surface area contributed by atoms with Gasteiger partial charge in [-0.3, -0.25) is 0 Å². The van der Waals surface area contributed by atoms with Crippen LogP contribution in [0.4, 0.5) is 0 Å². The van der Waals surface area contributed by atoms with Crippen LogP contribution in [0.1, 0.15) is 10.4 Å². The number of carbonyl (C=O) groups is 1. The van der Waals surface area contributed by atoms with Gasteiger partial charge in [0.2, 0.25) is 10.0 Å². The van der Waals surface area contributed by atoms with Crippen molar-refractivity contribution in [3.8, 4) is 0 Å². The van der Waals surface area contributed by atoms with Crippen molar-refractivity contribution in [3.05, 3.63) is 27.7 Å². The Balaban J connectivity index is 3.28. The first-order valence-corrected chi connectivity index (χ1v) is 7.81. The van der Waals surface area contributed by atoms with Gasteiger partial charge in [0.25, 0.3) is 0 Å². The Morgan fingerprint density at radius 2 is 2.05 bits per heavy atom. The average Bonchev–Trinajstić information content (AvgIpc) is 2.39. The van der Waals surface area contributed by atoms with Crippen LogP contribution in [0, 0.1) is 0 Å². The minimum atomic E-state index is -4.17. The summed E-state index contributed by atoms with van der Waals surface area (Å²) in [5.41, 5.74) is -0.433. The van der Waals surface area contributed by atoms with Crippen LogP contribution in [0.5, 0.6) is 0 Å². The van der Waals surface area contributed by atoms with Gasteiger partial charge in [-0.2, -0.15) is 0 Å². The summed E-state index contributed by atoms with van der Waals surface area (Å²) >= 11 is 11.5. The van der Waals surface area contributed by atoms with Crippen molar-refractivity contribution in [2.75, 3.05) is 20.3 Å². The Morgan fingerprint density at radius 3 is 2.52 bits per heavy atom. The maximum absolute atomic E-state index is 12.2. The van der Waals surface area contributed by atoms with E-state index in [1.54, 1.807) is 0 Å². The Kier molecular flexibility index (Phi) is 6.39. The number of carboxylic acid groups (broad SMARTS) is 1. The minimum Gasteiger partial charge on any atom is -0.478 e. The highest BCUT2D eigenvalue weighted by Crippen LogP contribution is 2.29. The largest absolute Gasteiger partial charge is 0.478 e. The van der Waals surface area contributed by atoms with Crippen molar-refractivity contribution in [1.82, 2.24) is 4.72 Å². The molecule has 0 amide bonds. The molecule has 10 heteroatoms. The number of aromatic carboxylic acids is 1. The first-order valence-electron chi connectivity index (χ1n) is 5.57. The van der Waals surface area contributed by atoms with Crippen LogP contribution in [-0.2, 0) is 14.8 Å². The number of aliphatic hydroxyl groups is 1. The average molecular weight is 358 g/mol. The molecule has 0 radical (unpaired) electrons. The molecule has 1 aromatic rings. The molecule has 21 heavy (non-hydrogen) atoms. The molecule has 0 saturated carbocycles. The van der Waals surface area contributed by atoms with Crippen molar-refractivity contribution in [2.45, 2.75) is 10.9 Å². The highest BCUT2D eigenvalue weighted by Gasteiger charge is 2.26. The molecular formula is C11H13Cl2NO6S. The van der Waals surface area contributed by atoms with E-state index >= 15 is 0 Å². The summed E-state index contributed by atoms with van der Waals surface area (Å²) in [4.78, 5) is 10.5. The second-order valence-corrected chi connectivity index (χ2v) is 6.52. The first kappa shape index (κ1) is 18.1. The van der Waals surface area contributed by atoms with Crippen LogP contribution in [0.25, 0.3) is 0 Å². The number of aliphatic hydroxyl groups excluding tert-OH is 1. The van der Waals surface area contributed by atoms with E-state index in [1.807, 2.05) is 0 Å². The zero-order valence-electron chi connectivity index (χ0n) is 10.8. The molecule has 1 rings (SSSR count). The Labute approximate surface area is 131 Å². The Morgan fingerprint density at radius 1 is 1.43 bits per heavy atom. The molecule has 3 N–H and O–H groups in total. The highest BCUT2D eigenvalue weighted by atomic mass is 35.5. The smallest absolute Gasteiger partial charge is 0.337 e. The number of ether oxygens (including phenoxy) is 1. The van der Waals surface area contributed by atoms with Crippen molar-refractivity contribution in [1.29, 1.82) is 0 Å². The molecule has 1 aromatic carbocycles. The van der Waals surface area contributed by atoms with Gasteiger partial charge in [-0.1, -0.05) is 23.2 Å². The van der Waals surface area contributed by atoms with E-state index in [9.17, 15) is 13.2 Å². The summed E-state index contributed by atoms with van der Waals surface area (Å²) in [6.45, 7) is -0.573. The second kappa shape index (κ2) is 7.39. The van der Waals surface area contributed by atoms with Gasteiger partial charge in [-0.25, -0.2) is 17.9 Å². The van der Waals surface area contributed by atoms with Crippen LogP contribution in [0.15, 0.2) is 17.0 Å². The molecule has 0 fully saturated rings. The lowest BCUT2D eigenvalue weighted by Crippen LogP contribution is -2.40. The highest BCUT2D eigenvalue weighted by molar-refractivity contribution is 7.89. The standard InChI is InChI=1S/C11H13Cl2NO6S/c1-20-5-7(4-15)14-21(18,19)9-3-6(12)2-8(10(9)13)11(16)17/h2-3,7,14-15H,4-5H2,1H3,(H,16,17). The van der Waals surface area contributed by atoms with Crippen molar-refractivity contribution in [3.63, 3.8) is 0 Å². The number of benzene rings is 1. The van der Waals surface area contributed by atoms with E-state index in [0.717, 1.165) is 12.1 Å². The monoisotopic (exact) mass is 357 g/mol. The van der Waals surface area contributed by atoms with Gasteiger partial charge in [0, 0.05) is 12.1 Å². The molecule has 0 saturated heterocycles. The molecule has 0 aliphatic heterocycles. The molecule has 1 unspecified atom stereocenters. The number of carboxylic acids is 1. The molecule has 0 aliphatic rings. The van der Waals surface area contributed by atoms with Crippen LogP contribution in [0.3, 0.4) is 0 Å². The summed E-state index contributed by atoms with van der Waals surface area (Å²) in [5.74, 6) is -1.41. The number of sulfonamides is 1. The van der Waals surface area contributed by atoms with Crippen molar-refractivity contribution in [2.24, 2.45) is 0 Å². The topological polar surface area (TPSA) is 113 Å². The van der Waals surface area contributed by atoms with Crippen molar-refractivity contribution < 1.29 is 28.2 Å². The van der Waals surface area contributed by atoms with Gasteiger partial charge in [-0.05, 0) is 12.1 Å². The predicted molar refractivity (Wildman–Crippen MR) is 76.5 cm³/mol. The zero-order valence-corrected chi connectivity index (χ0v) is 13.2. The second-order valence-electron chi connectivity index (χ2n) is 4.03. The van der Waals surface area contributed by atoms with Gasteiger partial charge in [0.1, 0.15) is 4.90 Å². The maximum Gasteiger partial charge on any atom is 0.337 e. The maximum atomic E-state index is 12.2. The van der Waals surface area contributed by atoms with E-state index in [2.05, 4.69) is 4.72 Å². The van der Waals surface area contributed by atoms with Crippen LogP contribution < -0.4 is 4.72 Å².